The van der Waals surface area contributed by atoms with Crippen LogP contribution in [0.15, 0.2) is 29.6 Å². The Hall–Kier alpha value is -2.29. The lowest BCUT2D eigenvalue weighted by Crippen LogP contribution is -2.43. The van der Waals surface area contributed by atoms with Crippen LogP contribution in [0.3, 0.4) is 0 Å². The number of hydrogen-bond acceptors (Lipinski definition) is 6. The third kappa shape index (κ3) is 6.59. The molecule has 1 fully saturated rings. The maximum atomic E-state index is 12.5. The van der Waals surface area contributed by atoms with Gasteiger partial charge in [0.05, 0.1) is 31.5 Å². The first-order valence-corrected chi connectivity index (χ1v) is 11.5. The predicted molar refractivity (Wildman–Crippen MR) is 123 cm³/mol. The van der Waals surface area contributed by atoms with Gasteiger partial charge in [-0.3, -0.25) is 14.5 Å². The third-order valence-corrected chi connectivity index (χ3v) is 6.56. The van der Waals surface area contributed by atoms with Gasteiger partial charge in [0.25, 0.3) is 0 Å². The number of rotatable bonds is 9. The molecule has 31 heavy (non-hydrogen) atoms. The second-order valence-corrected chi connectivity index (χ2v) is 8.85. The quantitative estimate of drug-likeness (QED) is 0.593. The molecule has 2 aromatic rings. The van der Waals surface area contributed by atoms with Gasteiger partial charge < -0.3 is 20.1 Å². The first kappa shape index (κ1) is 23.4. The molecule has 0 unspecified atom stereocenters. The molecular weight excluding hydrogens is 438 g/mol. The van der Waals surface area contributed by atoms with Gasteiger partial charge in [-0.1, -0.05) is 17.7 Å². The molecule has 1 aliphatic heterocycles. The molecule has 1 aromatic carbocycles. The Morgan fingerprint density at radius 3 is 2.58 bits per heavy atom. The van der Waals surface area contributed by atoms with Crippen molar-refractivity contribution in [2.24, 2.45) is 5.92 Å². The van der Waals surface area contributed by atoms with Crippen LogP contribution in [-0.2, 0) is 16.0 Å². The van der Waals surface area contributed by atoms with Crippen LogP contribution in [0, 0.1) is 5.92 Å². The van der Waals surface area contributed by atoms with Crippen LogP contribution in [-0.4, -0.2) is 57.1 Å². The van der Waals surface area contributed by atoms with Crippen molar-refractivity contribution < 1.29 is 19.1 Å². The van der Waals surface area contributed by atoms with E-state index in [0.29, 0.717) is 41.8 Å². The number of carbonyl (C=O) groups excluding carboxylic acids is 2. The summed E-state index contributed by atoms with van der Waals surface area (Å²) in [4.78, 5) is 28.3. The molecule has 168 valence electrons. The Labute approximate surface area is 191 Å². The van der Waals surface area contributed by atoms with E-state index in [9.17, 15) is 9.59 Å². The van der Waals surface area contributed by atoms with Gasteiger partial charge in [-0.05, 0) is 49.9 Å². The number of anilines is 1. The van der Waals surface area contributed by atoms with Crippen molar-refractivity contribution in [2.75, 3.05) is 45.7 Å². The number of benzene rings is 1. The van der Waals surface area contributed by atoms with Gasteiger partial charge in [-0.2, -0.15) is 0 Å². The average Bonchev–Trinajstić information content (AvgIpc) is 3.28. The van der Waals surface area contributed by atoms with E-state index in [1.165, 1.54) is 19.1 Å². The molecule has 2 amide bonds. The van der Waals surface area contributed by atoms with E-state index in [4.69, 9.17) is 21.1 Å². The van der Waals surface area contributed by atoms with E-state index in [1.807, 2.05) is 11.4 Å². The Bertz CT molecular complexity index is 883. The summed E-state index contributed by atoms with van der Waals surface area (Å²) >= 11 is 7.87. The monoisotopic (exact) mass is 465 g/mol. The number of nitrogens with one attached hydrogen (secondary N) is 2. The Kier molecular flexibility index (Phi) is 8.57. The summed E-state index contributed by atoms with van der Waals surface area (Å²) in [6.07, 6.45) is 2.35. The second-order valence-electron chi connectivity index (χ2n) is 7.41. The Morgan fingerprint density at radius 1 is 1.19 bits per heavy atom. The molecule has 7 nitrogen and oxygen atoms in total. The summed E-state index contributed by atoms with van der Waals surface area (Å²) in [5.41, 5.74) is 0.498. The van der Waals surface area contributed by atoms with E-state index >= 15 is 0 Å². The van der Waals surface area contributed by atoms with Gasteiger partial charge in [-0.25, -0.2) is 0 Å². The van der Waals surface area contributed by atoms with E-state index in [2.05, 4.69) is 21.6 Å². The fourth-order valence-electron chi connectivity index (χ4n) is 3.61. The standard InChI is InChI=1S/C22H28ClN3O4S/c1-29-19-13-20(30-2)18(12-17(19)23)25-21(27)14-26-9-6-15(7-10-26)22(28)24-8-5-16-4-3-11-31-16/h3-4,11-13,15H,5-10,14H2,1-2H3,(H,24,28)(H,25,27). The molecule has 0 saturated carbocycles. The number of carbonyl (C=O) groups is 2. The molecule has 2 heterocycles. The van der Waals surface area contributed by atoms with Gasteiger partial charge in [0.15, 0.2) is 0 Å². The number of hydrogen-bond donors (Lipinski definition) is 2. The zero-order valence-corrected chi connectivity index (χ0v) is 19.4. The van der Waals surface area contributed by atoms with Crippen molar-refractivity contribution in [3.8, 4) is 11.5 Å². The van der Waals surface area contributed by atoms with Crippen LogP contribution in [0.4, 0.5) is 5.69 Å². The van der Waals surface area contributed by atoms with E-state index in [1.54, 1.807) is 23.5 Å². The molecule has 0 radical (unpaired) electrons. The lowest BCUT2D eigenvalue weighted by Gasteiger charge is -2.30. The van der Waals surface area contributed by atoms with Crippen molar-refractivity contribution >= 4 is 40.4 Å². The zero-order chi connectivity index (χ0) is 22.2. The molecule has 1 aromatic heterocycles. The fourth-order valence-corrected chi connectivity index (χ4v) is 4.56. The fraction of sp³-hybridized carbons (Fsp3) is 0.455. The number of piperidine rings is 1. The smallest absolute Gasteiger partial charge is 0.238 e. The lowest BCUT2D eigenvalue weighted by molar-refractivity contribution is -0.126. The number of ether oxygens (including phenoxy) is 2. The number of nitrogens with zero attached hydrogens (tertiary/aromatic N) is 1. The first-order valence-electron chi connectivity index (χ1n) is 10.2. The van der Waals surface area contributed by atoms with Crippen LogP contribution in [0.1, 0.15) is 17.7 Å². The van der Waals surface area contributed by atoms with Gasteiger partial charge in [-0.15, -0.1) is 11.3 Å². The summed E-state index contributed by atoms with van der Waals surface area (Å²) in [5.74, 6) is 0.916. The minimum Gasteiger partial charge on any atom is -0.495 e. The topological polar surface area (TPSA) is 79.9 Å². The summed E-state index contributed by atoms with van der Waals surface area (Å²) in [5, 5.41) is 8.33. The van der Waals surface area contributed by atoms with Gasteiger partial charge >= 0.3 is 0 Å². The summed E-state index contributed by atoms with van der Waals surface area (Å²) in [6, 6.07) is 7.35. The number of thiophene rings is 1. The minimum absolute atomic E-state index is 0.00290. The molecule has 0 spiro atoms. The van der Waals surface area contributed by atoms with Crippen molar-refractivity contribution in [2.45, 2.75) is 19.3 Å². The minimum atomic E-state index is -0.154. The normalized spacial score (nSPS) is 14.8. The van der Waals surface area contributed by atoms with Crippen LogP contribution in [0.5, 0.6) is 11.5 Å². The number of methoxy groups -OCH3 is 2. The van der Waals surface area contributed by atoms with E-state index in [0.717, 1.165) is 19.3 Å². The highest BCUT2D eigenvalue weighted by Crippen LogP contribution is 2.35. The summed E-state index contributed by atoms with van der Waals surface area (Å²) < 4.78 is 10.5. The lowest BCUT2D eigenvalue weighted by atomic mass is 9.96. The van der Waals surface area contributed by atoms with E-state index < -0.39 is 0 Å². The SMILES string of the molecule is COc1cc(OC)c(NC(=O)CN2CCC(C(=O)NCCc3cccs3)CC2)cc1Cl. The van der Waals surface area contributed by atoms with Gasteiger partial charge in [0.2, 0.25) is 11.8 Å². The third-order valence-electron chi connectivity index (χ3n) is 5.32. The largest absolute Gasteiger partial charge is 0.495 e. The molecule has 0 aliphatic carbocycles. The molecule has 1 saturated heterocycles. The van der Waals surface area contributed by atoms with Crippen molar-refractivity contribution in [3.63, 3.8) is 0 Å². The maximum Gasteiger partial charge on any atom is 0.238 e. The molecule has 2 N–H and O–H groups in total. The number of likely N-dealkylation sites (tertiary alicyclic amines) is 1. The van der Waals surface area contributed by atoms with Gasteiger partial charge in [0.1, 0.15) is 11.5 Å². The second kappa shape index (κ2) is 11.4. The number of halogens is 1. The molecule has 1 aliphatic rings. The summed E-state index contributed by atoms with van der Waals surface area (Å²) in [6.45, 7) is 2.32. The van der Waals surface area contributed by atoms with Crippen molar-refractivity contribution in [1.29, 1.82) is 0 Å². The van der Waals surface area contributed by atoms with Crippen LogP contribution in [0.25, 0.3) is 0 Å². The van der Waals surface area contributed by atoms with Gasteiger partial charge in [0, 0.05) is 23.4 Å². The molecule has 3 rings (SSSR count). The Morgan fingerprint density at radius 2 is 1.94 bits per heavy atom. The molecule has 9 heteroatoms. The first-order chi connectivity index (χ1) is 15.0. The highest BCUT2D eigenvalue weighted by Gasteiger charge is 2.26. The van der Waals surface area contributed by atoms with Crippen molar-refractivity contribution in [1.82, 2.24) is 10.2 Å². The number of amides is 2. The molecule has 0 atom stereocenters. The van der Waals surface area contributed by atoms with Crippen LogP contribution in [0.2, 0.25) is 5.02 Å². The van der Waals surface area contributed by atoms with Crippen LogP contribution >= 0.6 is 22.9 Å². The highest BCUT2D eigenvalue weighted by atomic mass is 35.5. The van der Waals surface area contributed by atoms with E-state index in [-0.39, 0.29) is 24.3 Å². The summed E-state index contributed by atoms with van der Waals surface area (Å²) in [7, 11) is 3.04. The molecule has 0 bridgehead atoms. The Balaban J connectivity index is 1.42. The average molecular weight is 466 g/mol. The predicted octanol–water partition coefficient (Wildman–Crippen LogP) is 3.43. The zero-order valence-electron chi connectivity index (χ0n) is 17.8. The highest BCUT2D eigenvalue weighted by molar-refractivity contribution is 7.09. The maximum absolute atomic E-state index is 12.5. The van der Waals surface area contributed by atoms with Crippen LogP contribution < -0.4 is 20.1 Å². The molecular formula is C22H28ClN3O4S. The van der Waals surface area contributed by atoms with Crippen molar-refractivity contribution in [3.05, 3.63) is 39.5 Å².